The topological polar surface area (TPSA) is 104 Å². The SMILES string of the molecule is COc1cc(C)ccc1Oc1ccc(NS(=O)(=O)c2c(C)noc2C)cn1. The summed E-state index contributed by atoms with van der Waals surface area (Å²) in [5.41, 5.74) is 1.62. The van der Waals surface area contributed by atoms with E-state index in [-0.39, 0.29) is 10.7 Å². The van der Waals surface area contributed by atoms with Crippen molar-refractivity contribution in [2.75, 3.05) is 11.8 Å². The van der Waals surface area contributed by atoms with Crippen LogP contribution < -0.4 is 14.2 Å². The van der Waals surface area contributed by atoms with Crippen molar-refractivity contribution >= 4 is 15.7 Å². The maximum absolute atomic E-state index is 12.5. The van der Waals surface area contributed by atoms with Crippen molar-refractivity contribution in [1.29, 1.82) is 0 Å². The Kier molecular flexibility index (Phi) is 5.04. The first-order valence-electron chi connectivity index (χ1n) is 8.04. The van der Waals surface area contributed by atoms with Crippen LogP contribution in [0.1, 0.15) is 17.0 Å². The maximum Gasteiger partial charge on any atom is 0.267 e. The van der Waals surface area contributed by atoms with E-state index in [1.807, 2.05) is 19.1 Å². The summed E-state index contributed by atoms with van der Waals surface area (Å²) in [6.45, 7) is 5.05. The summed E-state index contributed by atoms with van der Waals surface area (Å²) in [5.74, 6) is 1.62. The lowest BCUT2D eigenvalue weighted by Gasteiger charge is -2.11. The Morgan fingerprint density at radius 3 is 2.44 bits per heavy atom. The molecular formula is C18H19N3O5S. The molecule has 0 aliphatic rings. The monoisotopic (exact) mass is 389 g/mol. The highest BCUT2D eigenvalue weighted by Crippen LogP contribution is 2.31. The fourth-order valence-corrected chi connectivity index (χ4v) is 3.91. The molecule has 27 heavy (non-hydrogen) atoms. The summed E-state index contributed by atoms with van der Waals surface area (Å²) in [7, 11) is -2.27. The van der Waals surface area contributed by atoms with E-state index in [9.17, 15) is 8.42 Å². The Hall–Kier alpha value is -3.07. The van der Waals surface area contributed by atoms with Gasteiger partial charge in [-0.25, -0.2) is 13.4 Å². The third kappa shape index (κ3) is 4.03. The normalized spacial score (nSPS) is 11.3. The summed E-state index contributed by atoms with van der Waals surface area (Å²) in [5, 5.41) is 3.67. The smallest absolute Gasteiger partial charge is 0.267 e. The molecule has 0 unspecified atom stereocenters. The molecule has 0 aliphatic heterocycles. The van der Waals surface area contributed by atoms with Gasteiger partial charge in [-0.2, -0.15) is 0 Å². The average Bonchev–Trinajstić information content (AvgIpc) is 2.97. The van der Waals surface area contributed by atoms with Gasteiger partial charge in [-0.1, -0.05) is 11.2 Å². The average molecular weight is 389 g/mol. The molecule has 1 N–H and O–H groups in total. The molecular weight excluding hydrogens is 370 g/mol. The van der Waals surface area contributed by atoms with Gasteiger partial charge in [-0.05, 0) is 44.5 Å². The van der Waals surface area contributed by atoms with E-state index in [4.69, 9.17) is 14.0 Å². The highest BCUT2D eigenvalue weighted by atomic mass is 32.2. The highest BCUT2D eigenvalue weighted by molar-refractivity contribution is 7.92. The molecule has 0 amide bonds. The van der Waals surface area contributed by atoms with E-state index in [1.165, 1.54) is 6.20 Å². The molecule has 3 rings (SSSR count). The molecule has 0 saturated heterocycles. The maximum atomic E-state index is 12.5. The Labute approximate surface area is 157 Å². The number of nitrogens with one attached hydrogen (secondary N) is 1. The zero-order valence-electron chi connectivity index (χ0n) is 15.3. The molecule has 0 bridgehead atoms. The van der Waals surface area contributed by atoms with Gasteiger partial charge in [0, 0.05) is 6.07 Å². The second-order valence-electron chi connectivity index (χ2n) is 5.90. The lowest BCUT2D eigenvalue weighted by molar-refractivity contribution is 0.374. The molecule has 0 saturated carbocycles. The van der Waals surface area contributed by atoms with Gasteiger partial charge in [0.15, 0.2) is 22.2 Å². The summed E-state index contributed by atoms with van der Waals surface area (Å²) in [6.07, 6.45) is 1.37. The quantitative estimate of drug-likeness (QED) is 0.687. The summed E-state index contributed by atoms with van der Waals surface area (Å²) < 4.78 is 43.4. The van der Waals surface area contributed by atoms with Crippen LogP contribution in [0.4, 0.5) is 5.69 Å². The van der Waals surface area contributed by atoms with Gasteiger partial charge in [0.2, 0.25) is 5.88 Å². The van der Waals surface area contributed by atoms with Crippen molar-refractivity contribution in [3.8, 4) is 17.4 Å². The Bertz CT molecular complexity index is 1040. The van der Waals surface area contributed by atoms with Crippen LogP contribution in [0, 0.1) is 20.8 Å². The van der Waals surface area contributed by atoms with Gasteiger partial charge in [0.05, 0.1) is 19.0 Å². The molecule has 0 atom stereocenters. The van der Waals surface area contributed by atoms with E-state index < -0.39 is 10.0 Å². The molecule has 2 aromatic heterocycles. The predicted molar refractivity (Wildman–Crippen MR) is 98.8 cm³/mol. The summed E-state index contributed by atoms with van der Waals surface area (Å²) in [6, 6.07) is 8.64. The van der Waals surface area contributed by atoms with Gasteiger partial charge in [-0.3, -0.25) is 4.72 Å². The van der Waals surface area contributed by atoms with Gasteiger partial charge < -0.3 is 14.0 Å². The zero-order chi connectivity index (χ0) is 19.6. The molecule has 8 nitrogen and oxygen atoms in total. The number of hydrogen-bond acceptors (Lipinski definition) is 7. The van der Waals surface area contributed by atoms with Crippen molar-refractivity contribution in [2.24, 2.45) is 0 Å². The van der Waals surface area contributed by atoms with E-state index in [1.54, 1.807) is 39.2 Å². The van der Waals surface area contributed by atoms with Crippen LogP contribution in [0.3, 0.4) is 0 Å². The number of aryl methyl sites for hydroxylation is 3. The number of nitrogens with zero attached hydrogens (tertiary/aromatic N) is 2. The van der Waals surface area contributed by atoms with Crippen molar-refractivity contribution in [1.82, 2.24) is 10.1 Å². The minimum absolute atomic E-state index is 0.0206. The first-order chi connectivity index (χ1) is 12.8. The molecule has 0 spiro atoms. The number of sulfonamides is 1. The number of methoxy groups -OCH3 is 1. The predicted octanol–water partition coefficient (Wildman–Crippen LogP) is 3.60. The van der Waals surface area contributed by atoms with Crippen LogP contribution in [0.5, 0.6) is 17.4 Å². The fourth-order valence-electron chi connectivity index (χ4n) is 2.54. The second kappa shape index (κ2) is 7.28. The van der Waals surface area contributed by atoms with Gasteiger partial charge in [0.25, 0.3) is 10.0 Å². The number of benzene rings is 1. The van der Waals surface area contributed by atoms with E-state index >= 15 is 0 Å². The largest absolute Gasteiger partial charge is 0.493 e. The molecule has 0 radical (unpaired) electrons. The summed E-state index contributed by atoms with van der Waals surface area (Å²) in [4.78, 5) is 4.16. The van der Waals surface area contributed by atoms with E-state index in [0.717, 1.165) is 5.56 Å². The van der Waals surface area contributed by atoms with Crippen LogP contribution in [0.2, 0.25) is 0 Å². The third-order valence-electron chi connectivity index (χ3n) is 3.76. The molecule has 0 fully saturated rings. The van der Waals surface area contributed by atoms with Crippen LogP contribution in [-0.4, -0.2) is 25.7 Å². The number of ether oxygens (including phenoxy) is 2. The first-order valence-corrected chi connectivity index (χ1v) is 9.52. The lowest BCUT2D eigenvalue weighted by Crippen LogP contribution is -2.14. The van der Waals surface area contributed by atoms with Crippen LogP contribution in [-0.2, 0) is 10.0 Å². The molecule has 9 heteroatoms. The third-order valence-corrected chi connectivity index (χ3v) is 5.38. The van der Waals surface area contributed by atoms with Gasteiger partial charge >= 0.3 is 0 Å². The first kappa shape index (κ1) is 18.7. The second-order valence-corrected chi connectivity index (χ2v) is 7.52. The van der Waals surface area contributed by atoms with Crippen molar-refractivity contribution in [2.45, 2.75) is 25.7 Å². The number of pyridine rings is 1. The molecule has 142 valence electrons. The minimum atomic E-state index is -3.83. The fraction of sp³-hybridized carbons (Fsp3) is 0.222. The van der Waals surface area contributed by atoms with Crippen molar-refractivity contribution in [3.05, 3.63) is 53.5 Å². The highest BCUT2D eigenvalue weighted by Gasteiger charge is 2.24. The van der Waals surface area contributed by atoms with Crippen molar-refractivity contribution in [3.63, 3.8) is 0 Å². The minimum Gasteiger partial charge on any atom is -0.493 e. The summed E-state index contributed by atoms with van der Waals surface area (Å²) >= 11 is 0. The van der Waals surface area contributed by atoms with Gasteiger partial charge in [-0.15, -0.1) is 0 Å². The number of aromatic nitrogens is 2. The van der Waals surface area contributed by atoms with Crippen LogP contribution >= 0.6 is 0 Å². The Balaban J connectivity index is 1.78. The standard InChI is InChI=1S/C18H19N3O5S/c1-11-5-7-15(16(9-11)24-4)25-17-8-6-14(10-19-17)21-27(22,23)18-12(2)20-26-13(18)3/h5-10,21H,1-4H3. The molecule has 2 heterocycles. The lowest BCUT2D eigenvalue weighted by atomic mass is 10.2. The van der Waals surface area contributed by atoms with E-state index in [0.29, 0.717) is 28.8 Å². The van der Waals surface area contributed by atoms with Crippen LogP contribution in [0.25, 0.3) is 0 Å². The molecule has 3 aromatic rings. The number of hydrogen-bond donors (Lipinski definition) is 1. The van der Waals surface area contributed by atoms with Crippen LogP contribution in [0.15, 0.2) is 45.9 Å². The molecule has 1 aromatic carbocycles. The zero-order valence-corrected chi connectivity index (χ0v) is 16.1. The Morgan fingerprint density at radius 2 is 1.85 bits per heavy atom. The van der Waals surface area contributed by atoms with Crippen molar-refractivity contribution < 1.29 is 22.4 Å². The van der Waals surface area contributed by atoms with Gasteiger partial charge in [0.1, 0.15) is 5.69 Å². The number of anilines is 1. The van der Waals surface area contributed by atoms with E-state index in [2.05, 4.69) is 14.9 Å². The molecule has 0 aliphatic carbocycles. The number of rotatable bonds is 6. The Morgan fingerprint density at radius 1 is 1.07 bits per heavy atom.